The van der Waals surface area contributed by atoms with E-state index in [0.29, 0.717) is 28.1 Å². The highest BCUT2D eigenvalue weighted by Crippen LogP contribution is 2.30. The second-order valence-corrected chi connectivity index (χ2v) is 9.76. The number of furan rings is 1. The van der Waals surface area contributed by atoms with Crippen molar-refractivity contribution in [3.8, 4) is 11.6 Å². The molecular formula is C31H18BrN3O2. The van der Waals surface area contributed by atoms with Gasteiger partial charge < -0.3 is 4.42 Å². The zero-order valence-corrected chi connectivity index (χ0v) is 21.0. The molecule has 0 bridgehead atoms. The summed E-state index contributed by atoms with van der Waals surface area (Å²) in [6.45, 7) is 0. The molecule has 7 aromatic rings. The highest BCUT2D eigenvalue weighted by molar-refractivity contribution is 9.10. The average molecular weight is 544 g/mol. The Kier molecular flexibility index (Phi) is 5.01. The van der Waals surface area contributed by atoms with Gasteiger partial charge in [0.05, 0.1) is 17.1 Å². The summed E-state index contributed by atoms with van der Waals surface area (Å²) in [7, 11) is 0. The fourth-order valence-electron chi connectivity index (χ4n) is 4.82. The number of aromatic nitrogens is 2. The summed E-state index contributed by atoms with van der Waals surface area (Å²) >= 11 is 3.51. The molecule has 7 rings (SSSR count). The smallest absolute Gasteiger partial charge is 0.282 e. The van der Waals surface area contributed by atoms with Crippen molar-refractivity contribution in [2.24, 2.45) is 5.10 Å². The van der Waals surface area contributed by atoms with Gasteiger partial charge in [-0.1, -0.05) is 76.6 Å². The van der Waals surface area contributed by atoms with Crippen LogP contribution in [0, 0.1) is 0 Å². The van der Waals surface area contributed by atoms with E-state index in [2.05, 4.69) is 46.3 Å². The van der Waals surface area contributed by atoms with Gasteiger partial charge in [0.1, 0.15) is 5.58 Å². The molecule has 0 radical (unpaired) electrons. The van der Waals surface area contributed by atoms with E-state index in [1.54, 1.807) is 12.3 Å². The molecule has 176 valence electrons. The van der Waals surface area contributed by atoms with Crippen molar-refractivity contribution in [1.82, 2.24) is 9.66 Å². The number of rotatable bonds is 3. The van der Waals surface area contributed by atoms with E-state index in [9.17, 15) is 4.79 Å². The van der Waals surface area contributed by atoms with Crippen LogP contribution < -0.4 is 5.56 Å². The number of benzene rings is 5. The third-order valence-corrected chi connectivity index (χ3v) is 7.06. The van der Waals surface area contributed by atoms with E-state index < -0.39 is 0 Å². The lowest BCUT2D eigenvalue weighted by molar-refractivity contribution is 0.616. The Morgan fingerprint density at radius 2 is 1.43 bits per heavy atom. The van der Waals surface area contributed by atoms with E-state index in [-0.39, 0.29) is 5.56 Å². The summed E-state index contributed by atoms with van der Waals surface area (Å²) < 4.78 is 8.41. The summed E-state index contributed by atoms with van der Waals surface area (Å²) in [6.07, 6.45) is 1.76. The van der Waals surface area contributed by atoms with Crippen molar-refractivity contribution in [1.29, 1.82) is 0 Å². The van der Waals surface area contributed by atoms with E-state index >= 15 is 0 Å². The minimum Gasteiger partial charge on any atom is -0.453 e. The molecule has 0 saturated carbocycles. The number of hydrogen-bond donors (Lipinski definition) is 0. The largest absolute Gasteiger partial charge is 0.453 e. The van der Waals surface area contributed by atoms with Crippen LogP contribution in [0.5, 0.6) is 0 Å². The Hall–Kier alpha value is -4.55. The average Bonchev–Trinajstić information content (AvgIpc) is 3.35. The minimum absolute atomic E-state index is 0.261. The van der Waals surface area contributed by atoms with Crippen LogP contribution in [0.1, 0.15) is 5.56 Å². The lowest BCUT2D eigenvalue weighted by atomic mass is 9.97. The fourth-order valence-corrected chi connectivity index (χ4v) is 5.20. The van der Waals surface area contributed by atoms with Gasteiger partial charge in [0, 0.05) is 15.4 Å². The van der Waals surface area contributed by atoms with E-state index in [4.69, 9.17) is 14.5 Å². The van der Waals surface area contributed by atoms with Crippen LogP contribution in [-0.2, 0) is 0 Å². The van der Waals surface area contributed by atoms with Crippen LogP contribution in [-0.4, -0.2) is 15.9 Å². The van der Waals surface area contributed by atoms with Crippen molar-refractivity contribution in [2.75, 3.05) is 0 Å². The van der Waals surface area contributed by atoms with Gasteiger partial charge in [0.2, 0.25) is 5.82 Å². The van der Waals surface area contributed by atoms with Gasteiger partial charge in [-0.15, -0.1) is 0 Å². The first kappa shape index (κ1) is 21.7. The molecule has 0 amide bonds. The standard InChI is InChI=1S/C31H18BrN3O2/c32-22-13-14-28-21(16-22)17-29(37-28)30-34-27-12-6-5-11-25(27)31(36)35(30)33-18-26-23-9-3-1-7-19(23)15-20-8-2-4-10-24(20)26/h1-18H. The van der Waals surface area contributed by atoms with Gasteiger partial charge in [-0.3, -0.25) is 4.79 Å². The van der Waals surface area contributed by atoms with E-state index in [1.807, 2.05) is 66.7 Å². The van der Waals surface area contributed by atoms with Crippen molar-refractivity contribution < 1.29 is 4.42 Å². The molecule has 2 aromatic heterocycles. The maximum atomic E-state index is 13.7. The van der Waals surface area contributed by atoms with Crippen LogP contribution >= 0.6 is 15.9 Å². The molecule has 0 aliphatic rings. The lowest BCUT2D eigenvalue weighted by Crippen LogP contribution is -2.20. The van der Waals surface area contributed by atoms with Gasteiger partial charge in [-0.25, -0.2) is 4.98 Å². The number of nitrogens with zero attached hydrogens (tertiary/aromatic N) is 3. The lowest BCUT2D eigenvalue weighted by Gasteiger charge is -2.10. The fraction of sp³-hybridized carbons (Fsp3) is 0. The highest BCUT2D eigenvalue weighted by atomic mass is 79.9. The molecule has 0 N–H and O–H groups in total. The van der Waals surface area contributed by atoms with Crippen LogP contribution in [0.3, 0.4) is 0 Å². The molecule has 0 aliphatic carbocycles. The second-order valence-electron chi connectivity index (χ2n) is 8.84. The normalized spacial score (nSPS) is 11.9. The molecule has 0 aliphatic heterocycles. The Labute approximate surface area is 219 Å². The molecule has 0 spiro atoms. The maximum absolute atomic E-state index is 13.7. The third kappa shape index (κ3) is 3.65. The first-order valence-electron chi connectivity index (χ1n) is 11.8. The van der Waals surface area contributed by atoms with Crippen LogP contribution in [0.25, 0.3) is 55.0 Å². The van der Waals surface area contributed by atoms with Crippen LogP contribution in [0.4, 0.5) is 0 Å². The number of fused-ring (bicyclic) bond motifs is 4. The SMILES string of the molecule is O=c1c2ccccc2nc(-c2cc3cc(Br)ccc3o2)n1N=Cc1c2ccccc2cc2ccccc12. The Balaban J connectivity index is 1.51. The molecule has 37 heavy (non-hydrogen) atoms. The van der Waals surface area contributed by atoms with E-state index in [1.165, 1.54) is 4.68 Å². The summed E-state index contributed by atoms with van der Waals surface area (Å²) in [4.78, 5) is 18.5. The van der Waals surface area contributed by atoms with Gasteiger partial charge in [-0.05, 0) is 64.0 Å². The minimum atomic E-state index is -0.261. The summed E-state index contributed by atoms with van der Waals surface area (Å²) in [5.74, 6) is 0.813. The molecule has 5 nitrogen and oxygen atoms in total. The number of hydrogen-bond acceptors (Lipinski definition) is 4. The first-order chi connectivity index (χ1) is 18.2. The maximum Gasteiger partial charge on any atom is 0.282 e. The van der Waals surface area contributed by atoms with Crippen LogP contribution in [0.15, 0.2) is 122 Å². The Morgan fingerprint density at radius 3 is 2.19 bits per heavy atom. The predicted octanol–water partition coefficient (Wildman–Crippen LogP) is 7.76. The Bertz CT molecular complexity index is 2030. The molecule has 0 saturated heterocycles. The van der Waals surface area contributed by atoms with Crippen LogP contribution in [0.2, 0.25) is 0 Å². The zero-order valence-electron chi connectivity index (χ0n) is 19.4. The molecule has 0 unspecified atom stereocenters. The van der Waals surface area contributed by atoms with Gasteiger partial charge in [0.25, 0.3) is 5.56 Å². The molecule has 5 aromatic carbocycles. The van der Waals surface area contributed by atoms with Gasteiger partial charge in [0.15, 0.2) is 5.76 Å². The molecule has 2 heterocycles. The van der Waals surface area contributed by atoms with Gasteiger partial charge in [-0.2, -0.15) is 9.78 Å². The quantitative estimate of drug-likeness (QED) is 0.169. The molecule has 0 fully saturated rings. The molecule has 6 heteroatoms. The van der Waals surface area contributed by atoms with Crippen molar-refractivity contribution in [3.05, 3.63) is 124 Å². The van der Waals surface area contributed by atoms with Gasteiger partial charge >= 0.3 is 0 Å². The van der Waals surface area contributed by atoms with Crippen molar-refractivity contribution >= 4 is 65.6 Å². The third-order valence-electron chi connectivity index (χ3n) is 6.57. The molecule has 0 atom stereocenters. The molecular weight excluding hydrogens is 526 g/mol. The number of para-hydroxylation sites is 1. The summed E-state index contributed by atoms with van der Waals surface area (Å²) in [5, 5.41) is 10.5. The monoisotopic (exact) mass is 543 g/mol. The highest BCUT2D eigenvalue weighted by Gasteiger charge is 2.17. The predicted molar refractivity (Wildman–Crippen MR) is 153 cm³/mol. The Morgan fingerprint density at radius 1 is 0.757 bits per heavy atom. The first-order valence-corrected chi connectivity index (χ1v) is 12.6. The topological polar surface area (TPSA) is 60.4 Å². The second kappa shape index (κ2) is 8.54. The van der Waals surface area contributed by atoms with Crippen molar-refractivity contribution in [2.45, 2.75) is 0 Å². The van der Waals surface area contributed by atoms with E-state index in [0.717, 1.165) is 37.0 Å². The number of halogens is 1. The summed E-state index contributed by atoms with van der Waals surface area (Å²) in [6, 6.07) is 33.5. The summed E-state index contributed by atoms with van der Waals surface area (Å²) in [5.41, 5.74) is 1.97. The van der Waals surface area contributed by atoms with Crippen molar-refractivity contribution in [3.63, 3.8) is 0 Å². The zero-order chi connectivity index (χ0) is 24.9.